The first kappa shape index (κ1) is 16.7. The van der Waals surface area contributed by atoms with E-state index in [2.05, 4.69) is 6.92 Å². The molecule has 2 atom stereocenters. The van der Waals surface area contributed by atoms with E-state index in [0.29, 0.717) is 19.5 Å². The van der Waals surface area contributed by atoms with Crippen molar-refractivity contribution in [2.45, 2.75) is 32.7 Å². The Morgan fingerprint density at radius 1 is 1.33 bits per heavy atom. The van der Waals surface area contributed by atoms with E-state index in [1.54, 1.807) is 11.1 Å². The Kier molecular flexibility index (Phi) is 4.45. The maximum atomic E-state index is 12.8. The highest BCUT2D eigenvalue weighted by molar-refractivity contribution is 5.82. The minimum absolute atomic E-state index is 0.0142. The van der Waals surface area contributed by atoms with Crippen LogP contribution in [0.5, 0.6) is 0 Å². The molecule has 0 bridgehead atoms. The summed E-state index contributed by atoms with van der Waals surface area (Å²) in [4.78, 5) is 28.4. The van der Waals surface area contributed by atoms with Gasteiger partial charge in [0, 0.05) is 26.2 Å². The van der Waals surface area contributed by atoms with Crippen molar-refractivity contribution in [2.24, 2.45) is 11.1 Å². The SMILES string of the molecule is CC(=O)N1C=Cc2ccccc2C1CC(=O)N1CCC(C)(CN)C1. The molecular weight excluding hydrogens is 302 g/mol. The average Bonchev–Trinajstić information content (AvgIpc) is 2.98. The molecule has 0 spiro atoms. The van der Waals surface area contributed by atoms with Crippen LogP contribution in [0.2, 0.25) is 0 Å². The molecule has 2 N–H and O–H groups in total. The molecule has 0 aromatic heterocycles. The van der Waals surface area contributed by atoms with Gasteiger partial charge < -0.3 is 15.5 Å². The van der Waals surface area contributed by atoms with Gasteiger partial charge in [-0.2, -0.15) is 0 Å². The minimum Gasteiger partial charge on any atom is -0.342 e. The standard InChI is InChI=1S/C19H25N3O2/c1-14(23)22-9-7-15-5-3-4-6-16(15)17(22)11-18(24)21-10-8-19(2,12-20)13-21/h3-7,9,17H,8,10-13,20H2,1-2H3. The van der Waals surface area contributed by atoms with Gasteiger partial charge in [-0.05, 0) is 35.6 Å². The topological polar surface area (TPSA) is 66.6 Å². The van der Waals surface area contributed by atoms with Crippen LogP contribution in [0.4, 0.5) is 0 Å². The number of hydrogen-bond acceptors (Lipinski definition) is 3. The number of fused-ring (bicyclic) bond motifs is 1. The number of likely N-dealkylation sites (tertiary alicyclic amines) is 1. The fraction of sp³-hybridized carbons (Fsp3) is 0.474. The summed E-state index contributed by atoms with van der Waals surface area (Å²) in [7, 11) is 0. The van der Waals surface area contributed by atoms with E-state index in [4.69, 9.17) is 5.73 Å². The molecule has 1 aromatic carbocycles. The third-order valence-electron chi connectivity index (χ3n) is 5.24. The van der Waals surface area contributed by atoms with Crippen molar-refractivity contribution in [1.29, 1.82) is 0 Å². The van der Waals surface area contributed by atoms with E-state index in [0.717, 1.165) is 24.1 Å². The number of amides is 2. The third-order valence-corrected chi connectivity index (χ3v) is 5.24. The molecule has 2 amide bonds. The van der Waals surface area contributed by atoms with Gasteiger partial charge in [0.25, 0.3) is 0 Å². The predicted molar refractivity (Wildman–Crippen MR) is 93.7 cm³/mol. The van der Waals surface area contributed by atoms with Crippen molar-refractivity contribution >= 4 is 17.9 Å². The summed E-state index contributed by atoms with van der Waals surface area (Å²) in [5.41, 5.74) is 7.96. The van der Waals surface area contributed by atoms with Crippen LogP contribution in [0.25, 0.3) is 6.08 Å². The van der Waals surface area contributed by atoms with Gasteiger partial charge in [-0.3, -0.25) is 9.59 Å². The van der Waals surface area contributed by atoms with E-state index in [1.807, 2.05) is 35.2 Å². The number of nitrogens with two attached hydrogens (primary N) is 1. The Bertz CT molecular complexity index is 685. The number of hydrogen-bond donors (Lipinski definition) is 1. The zero-order valence-electron chi connectivity index (χ0n) is 14.4. The van der Waals surface area contributed by atoms with Crippen molar-refractivity contribution in [3.05, 3.63) is 41.6 Å². The molecule has 128 valence electrons. The first-order valence-electron chi connectivity index (χ1n) is 8.47. The van der Waals surface area contributed by atoms with Gasteiger partial charge >= 0.3 is 0 Å². The molecule has 2 aliphatic rings. The fourth-order valence-corrected chi connectivity index (χ4v) is 3.61. The Labute approximate surface area is 143 Å². The van der Waals surface area contributed by atoms with Gasteiger partial charge in [0.2, 0.25) is 11.8 Å². The summed E-state index contributed by atoms with van der Waals surface area (Å²) in [6.45, 7) is 5.70. The van der Waals surface area contributed by atoms with Gasteiger partial charge in [0.05, 0.1) is 12.5 Å². The van der Waals surface area contributed by atoms with Crippen LogP contribution in [0.3, 0.4) is 0 Å². The number of rotatable bonds is 3. The van der Waals surface area contributed by atoms with E-state index in [1.165, 1.54) is 6.92 Å². The van der Waals surface area contributed by atoms with Gasteiger partial charge in [-0.25, -0.2) is 0 Å². The molecule has 2 heterocycles. The number of benzene rings is 1. The predicted octanol–water partition coefficient (Wildman–Crippen LogP) is 2.15. The second kappa shape index (κ2) is 6.40. The first-order valence-corrected chi connectivity index (χ1v) is 8.47. The quantitative estimate of drug-likeness (QED) is 0.925. The van der Waals surface area contributed by atoms with E-state index in [9.17, 15) is 9.59 Å². The fourth-order valence-electron chi connectivity index (χ4n) is 3.61. The third kappa shape index (κ3) is 3.08. The van der Waals surface area contributed by atoms with Crippen LogP contribution in [0.15, 0.2) is 30.5 Å². The van der Waals surface area contributed by atoms with Crippen molar-refractivity contribution in [3.8, 4) is 0 Å². The highest BCUT2D eigenvalue weighted by atomic mass is 16.2. The Morgan fingerprint density at radius 2 is 2.08 bits per heavy atom. The molecule has 24 heavy (non-hydrogen) atoms. The Hall–Kier alpha value is -2.14. The molecule has 3 rings (SSSR count). The molecule has 5 heteroatoms. The molecule has 0 aliphatic carbocycles. The van der Waals surface area contributed by atoms with Crippen LogP contribution in [0, 0.1) is 5.41 Å². The lowest BCUT2D eigenvalue weighted by Gasteiger charge is -2.33. The molecule has 0 radical (unpaired) electrons. The van der Waals surface area contributed by atoms with Crippen LogP contribution in [-0.4, -0.2) is 41.2 Å². The lowest BCUT2D eigenvalue weighted by Crippen LogP contribution is -2.38. The van der Waals surface area contributed by atoms with E-state index in [-0.39, 0.29) is 23.3 Å². The van der Waals surface area contributed by atoms with Gasteiger partial charge in [0.1, 0.15) is 0 Å². The lowest BCUT2D eigenvalue weighted by atomic mass is 9.90. The van der Waals surface area contributed by atoms with Crippen molar-refractivity contribution in [3.63, 3.8) is 0 Å². The zero-order valence-corrected chi connectivity index (χ0v) is 14.4. The maximum absolute atomic E-state index is 12.8. The van der Waals surface area contributed by atoms with Crippen LogP contribution >= 0.6 is 0 Å². The van der Waals surface area contributed by atoms with Crippen LogP contribution < -0.4 is 5.73 Å². The highest BCUT2D eigenvalue weighted by Crippen LogP contribution is 2.35. The van der Waals surface area contributed by atoms with E-state index >= 15 is 0 Å². The molecule has 2 unspecified atom stereocenters. The van der Waals surface area contributed by atoms with E-state index < -0.39 is 0 Å². The minimum atomic E-state index is -0.235. The summed E-state index contributed by atoms with van der Waals surface area (Å²) >= 11 is 0. The van der Waals surface area contributed by atoms with Crippen LogP contribution in [-0.2, 0) is 9.59 Å². The van der Waals surface area contributed by atoms with Crippen molar-refractivity contribution < 1.29 is 9.59 Å². The Balaban J connectivity index is 1.80. The Morgan fingerprint density at radius 3 is 2.75 bits per heavy atom. The molecule has 2 aliphatic heterocycles. The monoisotopic (exact) mass is 327 g/mol. The summed E-state index contributed by atoms with van der Waals surface area (Å²) in [6, 6.07) is 7.71. The smallest absolute Gasteiger partial charge is 0.225 e. The largest absolute Gasteiger partial charge is 0.342 e. The average molecular weight is 327 g/mol. The zero-order chi connectivity index (χ0) is 17.3. The highest BCUT2D eigenvalue weighted by Gasteiger charge is 2.37. The van der Waals surface area contributed by atoms with Gasteiger partial charge in [0.15, 0.2) is 0 Å². The van der Waals surface area contributed by atoms with Gasteiger partial charge in [-0.1, -0.05) is 31.2 Å². The first-order chi connectivity index (χ1) is 11.4. The summed E-state index contributed by atoms with van der Waals surface area (Å²) in [6.07, 6.45) is 4.96. The number of nitrogens with zero attached hydrogens (tertiary/aromatic N) is 2. The molecule has 1 aromatic rings. The maximum Gasteiger partial charge on any atom is 0.225 e. The number of carbonyl (C=O) groups excluding carboxylic acids is 2. The second-order valence-electron chi connectivity index (χ2n) is 7.17. The summed E-state index contributed by atoms with van der Waals surface area (Å²) < 4.78 is 0. The molecule has 1 saturated heterocycles. The molecule has 5 nitrogen and oxygen atoms in total. The van der Waals surface area contributed by atoms with Crippen molar-refractivity contribution in [2.75, 3.05) is 19.6 Å². The normalized spacial score (nSPS) is 25.7. The second-order valence-corrected chi connectivity index (χ2v) is 7.17. The molecular formula is C19H25N3O2. The summed E-state index contributed by atoms with van der Waals surface area (Å²) in [5.74, 6) is 0.0419. The van der Waals surface area contributed by atoms with Crippen LogP contribution in [0.1, 0.15) is 43.9 Å². The van der Waals surface area contributed by atoms with Gasteiger partial charge in [-0.15, -0.1) is 0 Å². The lowest BCUT2D eigenvalue weighted by molar-refractivity contribution is -0.134. The number of carbonyl (C=O) groups is 2. The summed E-state index contributed by atoms with van der Waals surface area (Å²) in [5, 5.41) is 0. The van der Waals surface area contributed by atoms with Crippen molar-refractivity contribution in [1.82, 2.24) is 9.80 Å². The molecule has 0 saturated carbocycles. The molecule has 1 fully saturated rings.